The van der Waals surface area contributed by atoms with E-state index in [1.807, 2.05) is 0 Å². The standard InChI is InChI=1S/C5H12NOP/c1-4-2-5(7)3-6(4)8/h4-5,7H,2-3,8H2,1H3. The summed E-state index contributed by atoms with van der Waals surface area (Å²) >= 11 is 0. The van der Waals surface area contributed by atoms with Crippen LogP contribution in [0.3, 0.4) is 0 Å². The zero-order chi connectivity index (χ0) is 6.15. The fraction of sp³-hybridized carbons (Fsp3) is 1.00. The molecule has 48 valence electrons. The number of aliphatic hydroxyl groups is 1. The highest BCUT2D eigenvalue weighted by molar-refractivity contribution is 7.13. The Morgan fingerprint density at radius 3 is 2.50 bits per heavy atom. The van der Waals surface area contributed by atoms with Crippen LogP contribution in [0.5, 0.6) is 0 Å². The van der Waals surface area contributed by atoms with Gasteiger partial charge in [-0.05, 0) is 13.3 Å². The summed E-state index contributed by atoms with van der Waals surface area (Å²) < 4.78 is 2.09. The van der Waals surface area contributed by atoms with Crippen LogP contribution in [0, 0.1) is 0 Å². The van der Waals surface area contributed by atoms with Crippen molar-refractivity contribution in [3.63, 3.8) is 0 Å². The van der Waals surface area contributed by atoms with Crippen molar-refractivity contribution in [3.05, 3.63) is 0 Å². The molecule has 1 aliphatic rings. The molecule has 0 radical (unpaired) electrons. The van der Waals surface area contributed by atoms with Gasteiger partial charge in [-0.3, -0.25) is 4.67 Å². The Kier molecular flexibility index (Phi) is 1.86. The van der Waals surface area contributed by atoms with Crippen molar-refractivity contribution in [1.82, 2.24) is 4.67 Å². The fourth-order valence-corrected chi connectivity index (χ4v) is 1.39. The minimum atomic E-state index is -0.0949. The molecule has 0 aromatic rings. The lowest BCUT2D eigenvalue weighted by Gasteiger charge is -2.11. The monoisotopic (exact) mass is 133 g/mol. The SMILES string of the molecule is CC1CC(O)CN1P. The second-order valence-corrected chi connectivity index (χ2v) is 3.10. The number of rotatable bonds is 0. The Labute approximate surface area is 52.1 Å². The Balaban J connectivity index is 2.39. The molecule has 1 fully saturated rings. The van der Waals surface area contributed by atoms with Crippen molar-refractivity contribution in [1.29, 1.82) is 0 Å². The van der Waals surface area contributed by atoms with Crippen molar-refractivity contribution in [2.75, 3.05) is 6.54 Å². The molecule has 0 amide bonds. The highest BCUT2D eigenvalue weighted by Gasteiger charge is 2.23. The molecule has 2 nitrogen and oxygen atoms in total. The highest BCUT2D eigenvalue weighted by Crippen LogP contribution is 2.19. The molecular formula is C5H12NOP. The van der Waals surface area contributed by atoms with E-state index >= 15 is 0 Å². The van der Waals surface area contributed by atoms with E-state index in [0.717, 1.165) is 13.0 Å². The summed E-state index contributed by atoms with van der Waals surface area (Å²) in [5.41, 5.74) is 0. The van der Waals surface area contributed by atoms with E-state index in [2.05, 4.69) is 21.0 Å². The molecule has 8 heavy (non-hydrogen) atoms. The van der Waals surface area contributed by atoms with Gasteiger partial charge in [-0.15, -0.1) is 0 Å². The molecule has 3 unspecified atom stereocenters. The number of nitrogens with zero attached hydrogens (tertiary/aromatic N) is 1. The first kappa shape index (κ1) is 6.47. The predicted molar refractivity (Wildman–Crippen MR) is 36.5 cm³/mol. The summed E-state index contributed by atoms with van der Waals surface area (Å²) in [4.78, 5) is 0. The van der Waals surface area contributed by atoms with Crippen LogP contribution in [0.4, 0.5) is 0 Å². The van der Waals surface area contributed by atoms with Crippen LogP contribution >= 0.6 is 9.39 Å². The largest absolute Gasteiger partial charge is 0.392 e. The lowest BCUT2D eigenvalue weighted by molar-refractivity contribution is 0.190. The maximum Gasteiger partial charge on any atom is 0.0685 e. The van der Waals surface area contributed by atoms with E-state index in [0.29, 0.717) is 6.04 Å². The first-order valence-electron chi connectivity index (χ1n) is 2.89. The van der Waals surface area contributed by atoms with Gasteiger partial charge in [0.25, 0.3) is 0 Å². The molecule has 1 aliphatic heterocycles. The molecule has 0 aliphatic carbocycles. The normalized spacial score (nSPS) is 40.9. The zero-order valence-corrected chi connectivity index (χ0v) is 6.20. The van der Waals surface area contributed by atoms with Gasteiger partial charge in [0.15, 0.2) is 0 Å². The van der Waals surface area contributed by atoms with E-state index in [1.54, 1.807) is 0 Å². The van der Waals surface area contributed by atoms with Crippen molar-refractivity contribution in [3.8, 4) is 0 Å². The molecule has 0 bridgehead atoms. The fourth-order valence-electron chi connectivity index (χ4n) is 1.03. The number of β-amino-alcohol motifs (C(OH)–C–C–N with tert-alkyl or cyclic N) is 1. The van der Waals surface area contributed by atoms with Crippen LogP contribution in [0.15, 0.2) is 0 Å². The van der Waals surface area contributed by atoms with Crippen molar-refractivity contribution >= 4 is 9.39 Å². The van der Waals surface area contributed by atoms with Crippen LogP contribution < -0.4 is 0 Å². The second kappa shape index (κ2) is 2.30. The van der Waals surface area contributed by atoms with Gasteiger partial charge in [0.05, 0.1) is 6.10 Å². The summed E-state index contributed by atoms with van der Waals surface area (Å²) in [5.74, 6) is 0. The maximum atomic E-state index is 9.02. The van der Waals surface area contributed by atoms with E-state index in [-0.39, 0.29) is 6.10 Å². The minimum absolute atomic E-state index is 0.0949. The predicted octanol–water partition coefficient (Wildman–Crippen LogP) is 0.232. The Morgan fingerprint density at radius 1 is 1.75 bits per heavy atom. The van der Waals surface area contributed by atoms with E-state index in [4.69, 9.17) is 5.11 Å². The van der Waals surface area contributed by atoms with Crippen LogP contribution in [0.2, 0.25) is 0 Å². The second-order valence-electron chi connectivity index (χ2n) is 2.44. The molecule has 3 atom stereocenters. The first-order chi connectivity index (χ1) is 3.70. The van der Waals surface area contributed by atoms with E-state index < -0.39 is 0 Å². The van der Waals surface area contributed by atoms with Gasteiger partial charge in [0.2, 0.25) is 0 Å². The van der Waals surface area contributed by atoms with Gasteiger partial charge in [-0.2, -0.15) is 0 Å². The van der Waals surface area contributed by atoms with Gasteiger partial charge >= 0.3 is 0 Å². The number of hydrogen-bond acceptors (Lipinski definition) is 2. The van der Waals surface area contributed by atoms with E-state index in [9.17, 15) is 0 Å². The van der Waals surface area contributed by atoms with E-state index in [1.165, 1.54) is 0 Å². The maximum absolute atomic E-state index is 9.02. The van der Waals surface area contributed by atoms with Gasteiger partial charge in [-0.25, -0.2) is 0 Å². The van der Waals surface area contributed by atoms with Crippen molar-refractivity contribution in [2.45, 2.75) is 25.5 Å². The molecule has 1 rings (SSSR count). The van der Waals surface area contributed by atoms with Crippen molar-refractivity contribution in [2.24, 2.45) is 0 Å². The third-order valence-corrected chi connectivity index (χ3v) is 2.32. The summed E-state index contributed by atoms with van der Waals surface area (Å²) in [5, 5.41) is 9.02. The average Bonchev–Trinajstić information content (AvgIpc) is 1.85. The zero-order valence-electron chi connectivity index (χ0n) is 5.04. The number of hydrogen-bond donors (Lipinski definition) is 1. The minimum Gasteiger partial charge on any atom is -0.392 e. The Morgan fingerprint density at radius 2 is 2.38 bits per heavy atom. The highest BCUT2D eigenvalue weighted by atomic mass is 31.0. The molecule has 0 saturated carbocycles. The molecule has 0 spiro atoms. The Hall–Kier alpha value is 0.350. The molecule has 1 saturated heterocycles. The molecule has 1 heterocycles. The third-order valence-electron chi connectivity index (χ3n) is 1.60. The molecule has 0 aromatic carbocycles. The van der Waals surface area contributed by atoms with Gasteiger partial charge in [0, 0.05) is 12.6 Å². The lowest BCUT2D eigenvalue weighted by atomic mass is 10.2. The summed E-state index contributed by atoms with van der Waals surface area (Å²) in [6, 6.07) is 0.537. The molecule has 3 heteroatoms. The van der Waals surface area contributed by atoms with Crippen molar-refractivity contribution < 1.29 is 5.11 Å². The summed E-state index contributed by atoms with van der Waals surface area (Å²) in [6.45, 7) is 2.93. The summed E-state index contributed by atoms with van der Waals surface area (Å²) in [7, 11) is 2.61. The molecule has 0 aromatic heterocycles. The Bertz CT molecular complexity index is 78.5. The molecular weight excluding hydrogens is 121 g/mol. The van der Waals surface area contributed by atoms with Crippen LogP contribution in [-0.2, 0) is 0 Å². The topological polar surface area (TPSA) is 23.5 Å². The average molecular weight is 133 g/mol. The van der Waals surface area contributed by atoms with Crippen LogP contribution in [0.1, 0.15) is 13.3 Å². The summed E-state index contributed by atoms with van der Waals surface area (Å²) in [6.07, 6.45) is 0.825. The van der Waals surface area contributed by atoms with Crippen LogP contribution in [-0.4, -0.2) is 28.5 Å². The van der Waals surface area contributed by atoms with Gasteiger partial charge in [-0.1, -0.05) is 9.39 Å². The van der Waals surface area contributed by atoms with Gasteiger partial charge in [0.1, 0.15) is 0 Å². The van der Waals surface area contributed by atoms with Gasteiger partial charge < -0.3 is 5.11 Å². The lowest BCUT2D eigenvalue weighted by Crippen LogP contribution is -2.14. The smallest absolute Gasteiger partial charge is 0.0685 e. The van der Waals surface area contributed by atoms with Crippen LogP contribution in [0.25, 0.3) is 0 Å². The first-order valence-corrected chi connectivity index (χ1v) is 3.41. The quantitative estimate of drug-likeness (QED) is 0.478. The third kappa shape index (κ3) is 1.19. The molecule has 1 N–H and O–H groups in total. The number of aliphatic hydroxyl groups excluding tert-OH is 1.